The van der Waals surface area contributed by atoms with Gasteiger partial charge in [0.2, 0.25) is 0 Å². The topological polar surface area (TPSA) is 85.4 Å². The summed E-state index contributed by atoms with van der Waals surface area (Å²) in [4.78, 5) is 12.1. The number of benzene rings is 1. The highest BCUT2D eigenvalue weighted by Crippen LogP contribution is 2.12. The summed E-state index contributed by atoms with van der Waals surface area (Å²) in [5, 5.41) is 13.8. The van der Waals surface area contributed by atoms with Crippen LogP contribution in [0.5, 0.6) is 5.75 Å². The molecule has 1 aromatic carbocycles. The molecule has 128 valence electrons. The number of hydrogen-bond acceptors (Lipinski definition) is 6. The molecule has 0 unspecified atom stereocenters. The number of carbonyl (C=O) groups is 1. The Morgan fingerprint density at radius 1 is 1.12 bits per heavy atom. The molecule has 7 heteroatoms. The Bertz CT molecular complexity index is 647. The fraction of sp³-hybridized carbons (Fsp3) is 0.353. The van der Waals surface area contributed by atoms with E-state index in [0.717, 1.165) is 11.3 Å². The van der Waals surface area contributed by atoms with Gasteiger partial charge in [-0.05, 0) is 36.2 Å². The van der Waals surface area contributed by atoms with Crippen molar-refractivity contribution in [2.75, 3.05) is 39.2 Å². The van der Waals surface area contributed by atoms with E-state index in [4.69, 9.17) is 9.47 Å². The van der Waals surface area contributed by atoms with Gasteiger partial charge in [-0.25, -0.2) is 0 Å². The van der Waals surface area contributed by atoms with Gasteiger partial charge in [0.25, 0.3) is 5.91 Å². The number of nitrogens with zero attached hydrogens (tertiary/aromatic N) is 2. The van der Waals surface area contributed by atoms with E-state index in [2.05, 4.69) is 20.8 Å². The quantitative estimate of drug-likeness (QED) is 0.678. The Balaban J connectivity index is 1.79. The zero-order valence-corrected chi connectivity index (χ0v) is 13.9. The van der Waals surface area contributed by atoms with E-state index in [-0.39, 0.29) is 11.6 Å². The Hall–Kier alpha value is -2.67. The monoisotopic (exact) mass is 330 g/mol. The Morgan fingerprint density at radius 2 is 2.00 bits per heavy atom. The predicted octanol–water partition coefficient (Wildman–Crippen LogP) is 1.52. The summed E-state index contributed by atoms with van der Waals surface area (Å²) < 4.78 is 10.1. The van der Waals surface area contributed by atoms with Crippen molar-refractivity contribution >= 4 is 11.7 Å². The molecule has 0 aliphatic rings. The molecule has 0 saturated carbocycles. The lowest BCUT2D eigenvalue weighted by Gasteiger charge is -2.07. The molecule has 2 rings (SSSR count). The maximum absolute atomic E-state index is 12.1. The second-order valence-electron chi connectivity index (χ2n) is 5.08. The third-order valence-corrected chi connectivity index (χ3v) is 3.34. The van der Waals surface area contributed by atoms with Gasteiger partial charge in [-0.2, -0.15) is 0 Å². The van der Waals surface area contributed by atoms with Crippen LogP contribution >= 0.6 is 0 Å². The fourth-order valence-corrected chi connectivity index (χ4v) is 2.07. The standard InChI is InChI=1S/C17H22N4O3/c1-23-11-10-18-16-7-6-15(20-21-16)17(22)19-9-8-13-4-3-5-14(12-13)24-2/h3-7,12H,8-11H2,1-2H3,(H,18,21)(H,19,22). The zero-order chi connectivity index (χ0) is 17.2. The molecule has 1 aromatic heterocycles. The molecule has 0 atom stereocenters. The molecular weight excluding hydrogens is 308 g/mol. The zero-order valence-electron chi connectivity index (χ0n) is 13.9. The predicted molar refractivity (Wildman–Crippen MR) is 91.4 cm³/mol. The van der Waals surface area contributed by atoms with Crippen LogP contribution in [0.15, 0.2) is 36.4 Å². The molecule has 0 aliphatic carbocycles. The van der Waals surface area contributed by atoms with E-state index >= 15 is 0 Å². The van der Waals surface area contributed by atoms with Gasteiger partial charge in [-0.15, -0.1) is 10.2 Å². The van der Waals surface area contributed by atoms with Crippen LogP contribution in [0.2, 0.25) is 0 Å². The Morgan fingerprint density at radius 3 is 2.71 bits per heavy atom. The van der Waals surface area contributed by atoms with Crippen LogP contribution in [0.25, 0.3) is 0 Å². The van der Waals surface area contributed by atoms with E-state index in [0.29, 0.717) is 31.9 Å². The molecular formula is C17H22N4O3. The smallest absolute Gasteiger partial charge is 0.271 e. The first kappa shape index (κ1) is 17.7. The number of carbonyl (C=O) groups excluding carboxylic acids is 1. The molecule has 0 saturated heterocycles. The summed E-state index contributed by atoms with van der Waals surface area (Å²) in [5.74, 6) is 1.18. The summed E-state index contributed by atoms with van der Waals surface area (Å²) in [6, 6.07) is 11.1. The number of hydrogen-bond donors (Lipinski definition) is 2. The highest BCUT2D eigenvalue weighted by molar-refractivity contribution is 5.92. The minimum atomic E-state index is -0.242. The Labute approximate surface area is 141 Å². The van der Waals surface area contributed by atoms with Crippen LogP contribution in [0.4, 0.5) is 5.82 Å². The number of aromatic nitrogens is 2. The van der Waals surface area contributed by atoms with E-state index in [1.165, 1.54) is 0 Å². The fourth-order valence-electron chi connectivity index (χ4n) is 2.07. The first-order valence-electron chi connectivity index (χ1n) is 7.70. The van der Waals surface area contributed by atoms with Crippen LogP contribution in [0.1, 0.15) is 16.1 Å². The molecule has 0 fully saturated rings. The van der Waals surface area contributed by atoms with Gasteiger partial charge in [0, 0.05) is 20.2 Å². The van der Waals surface area contributed by atoms with Gasteiger partial charge in [0.1, 0.15) is 11.6 Å². The summed E-state index contributed by atoms with van der Waals surface area (Å²) in [6.45, 7) is 1.73. The summed E-state index contributed by atoms with van der Waals surface area (Å²) in [5.41, 5.74) is 1.39. The van der Waals surface area contributed by atoms with E-state index < -0.39 is 0 Å². The molecule has 1 heterocycles. The summed E-state index contributed by atoms with van der Waals surface area (Å²) in [7, 11) is 3.26. The van der Waals surface area contributed by atoms with Crippen molar-refractivity contribution in [2.45, 2.75) is 6.42 Å². The molecule has 24 heavy (non-hydrogen) atoms. The lowest BCUT2D eigenvalue weighted by Crippen LogP contribution is -2.26. The van der Waals surface area contributed by atoms with Gasteiger partial charge in [0.05, 0.1) is 13.7 Å². The molecule has 2 N–H and O–H groups in total. The van der Waals surface area contributed by atoms with Crippen molar-refractivity contribution in [2.24, 2.45) is 0 Å². The summed E-state index contributed by atoms with van der Waals surface area (Å²) in [6.07, 6.45) is 0.715. The van der Waals surface area contributed by atoms with Gasteiger partial charge in [-0.1, -0.05) is 12.1 Å². The van der Waals surface area contributed by atoms with Crippen molar-refractivity contribution < 1.29 is 14.3 Å². The number of rotatable bonds is 9. The lowest BCUT2D eigenvalue weighted by atomic mass is 10.1. The maximum atomic E-state index is 12.1. The van der Waals surface area contributed by atoms with E-state index in [1.807, 2.05) is 24.3 Å². The average molecular weight is 330 g/mol. The third-order valence-electron chi connectivity index (χ3n) is 3.34. The largest absolute Gasteiger partial charge is 0.497 e. The molecule has 1 amide bonds. The van der Waals surface area contributed by atoms with Crippen LogP contribution in [-0.4, -0.2) is 50.0 Å². The van der Waals surface area contributed by atoms with E-state index in [1.54, 1.807) is 26.4 Å². The van der Waals surface area contributed by atoms with Crippen molar-refractivity contribution in [1.29, 1.82) is 0 Å². The number of amides is 1. The van der Waals surface area contributed by atoms with Crippen LogP contribution in [0.3, 0.4) is 0 Å². The second-order valence-corrected chi connectivity index (χ2v) is 5.08. The molecule has 0 radical (unpaired) electrons. The van der Waals surface area contributed by atoms with Crippen molar-refractivity contribution in [3.05, 3.63) is 47.7 Å². The van der Waals surface area contributed by atoms with Crippen LogP contribution in [-0.2, 0) is 11.2 Å². The minimum absolute atomic E-state index is 0.242. The number of ether oxygens (including phenoxy) is 2. The first-order chi connectivity index (χ1) is 11.7. The van der Waals surface area contributed by atoms with E-state index in [9.17, 15) is 4.79 Å². The highest BCUT2D eigenvalue weighted by atomic mass is 16.5. The number of anilines is 1. The van der Waals surface area contributed by atoms with Gasteiger partial charge in [0.15, 0.2) is 5.69 Å². The first-order valence-corrected chi connectivity index (χ1v) is 7.70. The molecule has 2 aromatic rings. The normalized spacial score (nSPS) is 10.2. The Kier molecular flexibility index (Phi) is 6.97. The van der Waals surface area contributed by atoms with Gasteiger partial charge >= 0.3 is 0 Å². The van der Waals surface area contributed by atoms with Crippen molar-refractivity contribution in [3.63, 3.8) is 0 Å². The summed E-state index contributed by atoms with van der Waals surface area (Å²) >= 11 is 0. The van der Waals surface area contributed by atoms with Crippen LogP contribution < -0.4 is 15.4 Å². The molecule has 0 aliphatic heterocycles. The number of nitrogens with one attached hydrogen (secondary N) is 2. The molecule has 0 spiro atoms. The lowest BCUT2D eigenvalue weighted by molar-refractivity contribution is 0.0948. The minimum Gasteiger partial charge on any atom is -0.497 e. The average Bonchev–Trinajstić information content (AvgIpc) is 2.62. The van der Waals surface area contributed by atoms with Crippen molar-refractivity contribution in [1.82, 2.24) is 15.5 Å². The number of methoxy groups -OCH3 is 2. The SMILES string of the molecule is COCCNc1ccc(C(=O)NCCc2cccc(OC)c2)nn1. The maximum Gasteiger partial charge on any atom is 0.271 e. The van der Waals surface area contributed by atoms with Gasteiger partial charge < -0.3 is 20.1 Å². The molecule has 7 nitrogen and oxygen atoms in total. The molecule has 0 bridgehead atoms. The van der Waals surface area contributed by atoms with Crippen LogP contribution in [0, 0.1) is 0 Å². The second kappa shape index (κ2) is 9.46. The van der Waals surface area contributed by atoms with Crippen molar-refractivity contribution in [3.8, 4) is 5.75 Å². The third kappa shape index (κ3) is 5.51. The highest BCUT2D eigenvalue weighted by Gasteiger charge is 2.07. The van der Waals surface area contributed by atoms with Gasteiger partial charge in [-0.3, -0.25) is 4.79 Å².